The number of aryl methyl sites for hydroxylation is 1. The molecule has 5 rings (SSSR count). The zero-order valence-corrected chi connectivity index (χ0v) is 17.9. The number of hydrogen-bond donors (Lipinski definition) is 1. The van der Waals surface area contributed by atoms with Crippen LogP contribution in [0, 0.1) is 6.92 Å². The number of carbonyl (C=O) groups is 1. The van der Waals surface area contributed by atoms with E-state index in [2.05, 4.69) is 35.3 Å². The monoisotopic (exact) mass is 410 g/mol. The summed E-state index contributed by atoms with van der Waals surface area (Å²) in [5, 5.41) is 1.24. The van der Waals surface area contributed by atoms with E-state index in [1.807, 2.05) is 61.2 Å². The molecule has 156 valence electrons. The molecule has 3 aromatic carbocycles. The van der Waals surface area contributed by atoms with Gasteiger partial charge in [0.15, 0.2) is 0 Å². The van der Waals surface area contributed by atoms with Gasteiger partial charge >= 0.3 is 0 Å². The lowest BCUT2D eigenvalue weighted by molar-refractivity contribution is 0.0691. The summed E-state index contributed by atoms with van der Waals surface area (Å²) in [5.74, 6) is 0.881. The van der Waals surface area contributed by atoms with Crippen molar-refractivity contribution in [3.63, 3.8) is 0 Å². The van der Waals surface area contributed by atoms with Crippen LogP contribution in [0.3, 0.4) is 0 Å². The van der Waals surface area contributed by atoms with Crippen LogP contribution < -0.4 is 4.74 Å². The number of benzene rings is 3. The highest BCUT2D eigenvalue weighted by Gasteiger charge is 2.35. The average molecular weight is 411 g/mol. The number of amides is 1. The first-order chi connectivity index (χ1) is 15.2. The van der Waals surface area contributed by atoms with Crippen molar-refractivity contribution < 1.29 is 9.53 Å². The van der Waals surface area contributed by atoms with Crippen molar-refractivity contribution >= 4 is 16.8 Å². The van der Waals surface area contributed by atoms with E-state index in [9.17, 15) is 4.79 Å². The molecule has 0 aliphatic carbocycles. The normalized spacial score (nSPS) is 15.7. The summed E-state index contributed by atoms with van der Waals surface area (Å²) in [6, 6.07) is 24.2. The van der Waals surface area contributed by atoms with Crippen LogP contribution in [0.2, 0.25) is 0 Å². The predicted octanol–water partition coefficient (Wildman–Crippen LogP) is 5.66. The summed E-state index contributed by atoms with van der Waals surface area (Å²) in [6.45, 7) is 5.28. The van der Waals surface area contributed by atoms with Crippen LogP contribution in [-0.4, -0.2) is 28.9 Å². The first kappa shape index (κ1) is 19.4. The van der Waals surface area contributed by atoms with Gasteiger partial charge in [0, 0.05) is 28.7 Å². The van der Waals surface area contributed by atoms with Gasteiger partial charge < -0.3 is 14.6 Å². The Labute approximate surface area is 182 Å². The summed E-state index contributed by atoms with van der Waals surface area (Å²) in [6.07, 6.45) is 0.832. The second kappa shape index (κ2) is 7.95. The minimum atomic E-state index is -0.190. The fourth-order valence-electron chi connectivity index (χ4n) is 4.69. The quantitative estimate of drug-likeness (QED) is 0.472. The Balaban J connectivity index is 1.66. The highest BCUT2D eigenvalue weighted by Crippen LogP contribution is 2.39. The molecule has 1 aromatic heterocycles. The Morgan fingerprint density at radius 2 is 1.90 bits per heavy atom. The molecule has 1 amide bonds. The van der Waals surface area contributed by atoms with Crippen molar-refractivity contribution in [2.24, 2.45) is 0 Å². The molecule has 0 saturated carbocycles. The molecule has 1 aliphatic heterocycles. The topological polar surface area (TPSA) is 45.3 Å². The van der Waals surface area contributed by atoms with Crippen molar-refractivity contribution in [2.45, 2.75) is 26.3 Å². The molecule has 1 aliphatic rings. The number of carbonyl (C=O) groups excluding carboxylic acids is 1. The number of fused-ring (bicyclic) bond motifs is 3. The molecule has 0 saturated heterocycles. The van der Waals surface area contributed by atoms with Gasteiger partial charge in [0.1, 0.15) is 5.75 Å². The predicted molar refractivity (Wildman–Crippen MR) is 124 cm³/mol. The van der Waals surface area contributed by atoms with Crippen LogP contribution in [0.15, 0.2) is 72.8 Å². The van der Waals surface area contributed by atoms with Gasteiger partial charge in [0.05, 0.1) is 12.6 Å². The van der Waals surface area contributed by atoms with Gasteiger partial charge in [0.2, 0.25) is 0 Å². The molecule has 0 unspecified atom stereocenters. The lowest BCUT2D eigenvalue weighted by atomic mass is 9.91. The molecule has 0 fully saturated rings. The number of hydrogen-bond acceptors (Lipinski definition) is 2. The standard InChI is InChI=1S/C27H26N2O2/c1-3-31-21-11-7-9-19(17-21)26-25-23(22-12-4-5-13-24(22)28-25)14-15-29(26)27(30)20-10-6-8-18(2)16-20/h4-13,16-17,26,28H,3,14-15H2,1-2H3/t26-/m0/s1. The number of aromatic nitrogens is 1. The number of rotatable bonds is 4. The third kappa shape index (κ3) is 3.48. The minimum Gasteiger partial charge on any atom is -0.494 e. The first-order valence-electron chi connectivity index (χ1n) is 10.9. The maximum Gasteiger partial charge on any atom is 0.254 e. The van der Waals surface area contributed by atoms with Crippen LogP contribution >= 0.6 is 0 Å². The number of H-pyrrole nitrogens is 1. The van der Waals surface area contributed by atoms with E-state index < -0.39 is 0 Å². The van der Waals surface area contributed by atoms with Gasteiger partial charge in [-0.25, -0.2) is 0 Å². The number of aromatic amines is 1. The molecule has 2 heterocycles. The van der Waals surface area contributed by atoms with Gasteiger partial charge in [-0.1, -0.05) is 48.0 Å². The smallest absolute Gasteiger partial charge is 0.254 e. The van der Waals surface area contributed by atoms with Crippen molar-refractivity contribution in [1.29, 1.82) is 0 Å². The fourth-order valence-corrected chi connectivity index (χ4v) is 4.69. The van der Waals surface area contributed by atoms with Crippen molar-refractivity contribution in [1.82, 2.24) is 9.88 Å². The highest BCUT2D eigenvalue weighted by atomic mass is 16.5. The summed E-state index contributed by atoms with van der Waals surface area (Å²) >= 11 is 0. The molecule has 31 heavy (non-hydrogen) atoms. The Morgan fingerprint density at radius 3 is 2.74 bits per heavy atom. The fraction of sp³-hybridized carbons (Fsp3) is 0.222. The van der Waals surface area contributed by atoms with Gasteiger partial charge in [-0.2, -0.15) is 0 Å². The van der Waals surface area contributed by atoms with E-state index in [4.69, 9.17) is 4.74 Å². The second-order valence-electron chi connectivity index (χ2n) is 8.09. The van der Waals surface area contributed by atoms with Crippen LogP contribution in [0.25, 0.3) is 10.9 Å². The van der Waals surface area contributed by atoms with Crippen LogP contribution in [-0.2, 0) is 6.42 Å². The van der Waals surface area contributed by atoms with Crippen LogP contribution in [0.1, 0.15) is 45.7 Å². The first-order valence-corrected chi connectivity index (χ1v) is 10.9. The van der Waals surface area contributed by atoms with Crippen molar-refractivity contribution in [3.8, 4) is 5.75 Å². The van der Waals surface area contributed by atoms with Crippen LogP contribution in [0.4, 0.5) is 0 Å². The molecule has 0 radical (unpaired) electrons. The largest absolute Gasteiger partial charge is 0.494 e. The number of nitrogens with zero attached hydrogens (tertiary/aromatic N) is 1. The maximum atomic E-state index is 13.7. The van der Waals surface area contributed by atoms with E-state index in [1.54, 1.807) is 0 Å². The van der Waals surface area contributed by atoms with Gasteiger partial charge in [-0.3, -0.25) is 4.79 Å². The molecule has 4 aromatic rings. The third-order valence-electron chi connectivity index (χ3n) is 6.05. The third-order valence-corrected chi connectivity index (χ3v) is 6.05. The minimum absolute atomic E-state index is 0.0554. The Hall–Kier alpha value is -3.53. The zero-order chi connectivity index (χ0) is 21.4. The van der Waals surface area contributed by atoms with Crippen LogP contribution in [0.5, 0.6) is 5.75 Å². The van der Waals surface area contributed by atoms with Gasteiger partial charge in [-0.15, -0.1) is 0 Å². The van der Waals surface area contributed by atoms with Gasteiger partial charge in [-0.05, 0) is 61.7 Å². The van der Waals surface area contributed by atoms with Crippen molar-refractivity contribution in [3.05, 3.63) is 101 Å². The molecule has 1 atom stereocenters. The molecule has 0 bridgehead atoms. The Morgan fingerprint density at radius 1 is 1.06 bits per heavy atom. The molecule has 4 heteroatoms. The highest BCUT2D eigenvalue weighted by molar-refractivity contribution is 5.95. The Kier molecular flexibility index (Phi) is 4.99. The zero-order valence-electron chi connectivity index (χ0n) is 17.9. The van der Waals surface area contributed by atoms with E-state index in [-0.39, 0.29) is 11.9 Å². The molecule has 1 N–H and O–H groups in total. The van der Waals surface area contributed by atoms with E-state index in [0.29, 0.717) is 13.2 Å². The summed E-state index contributed by atoms with van der Waals surface area (Å²) in [4.78, 5) is 19.3. The van der Waals surface area contributed by atoms with E-state index in [0.717, 1.165) is 40.1 Å². The van der Waals surface area contributed by atoms with Crippen molar-refractivity contribution in [2.75, 3.05) is 13.2 Å². The number of nitrogens with one attached hydrogen (secondary N) is 1. The van der Waals surface area contributed by atoms with E-state index in [1.165, 1.54) is 10.9 Å². The van der Waals surface area contributed by atoms with Gasteiger partial charge in [0.25, 0.3) is 5.91 Å². The molecule has 0 spiro atoms. The van der Waals surface area contributed by atoms with E-state index >= 15 is 0 Å². The lowest BCUT2D eigenvalue weighted by Gasteiger charge is -2.36. The summed E-state index contributed by atoms with van der Waals surface area (Å²) < 4.78 is 5.77. The molecular formula is C27H26N2O2. The lowest BCUT2D eigenvalue weighted by Crippen LogP contribution is -2.40. The molecular weight excluding hydrogens is 384 g/mol. The molecule has 4 nitrogen and oxygen atoms in total. The summed E-state index contributed by atoms with van der Waals surface area (Å²) in [7, 11) is 0. The second-order valence-corrected chi connectivity index (χ2v) is 8.09. The number of para-hydroxylation sites is 1. The average Bonchev–Trinajstić information content (AvgIpc) is 3.17. The maximum absolute atomic E-state index is 13.7. The number of ether oxygens (including phenoxy) is 1. The summed E-state index contributed by atoms with van der Waals surface area (Å²) in [5.41, 5.74) is 6.38. The SMILES string of the molecule is CCOc1cccc([C@H]2c3[nH]c4ccccc4c3CCN2C(=O)c2cccc(C)c2)c1. The Bertz CT molecular complexity index is 1260.